The average Bonchev–Trinajstić information content (AvgIpc) is 2.83. The summed E-state index contributed by atoms with van der Waals surface area (Å²) in [7, 11) is 0. The van der Waals surface area contributed by atoms with Crippen LogP contribution in [0.25, 0.3) is 0 Å². The molecule has 0 aromatic heterocycles. The molecule has 0 bridgehead atoms. The molecule has 0 radical (unpaired) electrons. The Labute approximate surface area is 96.2 Å². The summed E-state index contributed by atoms with van der Waals surface area (Å²) in [5.41, 5.74) is 0. The molecule has 90 valence electrons. The summed E-state index contributed by atoms with van der Waals surface area (Å²) in [6.45, 7) is 4.17. The second kappa shape index (κ2) is 4.00. The van der Waals surface area contributed by atoms with Crippen molar-refractivity contribution in [2.45, 2.75) is 37.8 Å². The van der Waals surface area contributed by atoms with Crippen molar-refractivity contribution in [1.29, 1.82) is 0 Å². The molecule has 2 unspecified atom stereocenters. The van der Waals surface area contributed by atoms with E-state index in [9.17, 15) is 4.79 Å². The van der Waals surface area contributed by atoms with Crippen LogP contribution in [0, 0.1) is 5.92 Å². The van der Waals surface area contributed by atoms with Gasteiger partial charge in [-0.15, -0.1) is 0 Å². The van der Waals surface area contributed by atoms with E-state index in [1.54, 1.807) is 0 Å². The van der Waals surface area contributed by atoms with Crippen molar-refractivity contribution in [2.24, 2.45) is 5.92 Å². The molecule has 16 heavy (non-hydrogen) atoms. The Morgan fingerprint density at radius 1 is 0.938 bits per heavy atom. The minimum atomic E-state index is -0.612. The number of carbonyl (C=O) groups is 1. The molecule has 2 atom stereocenters. The molecule has 0 aromatic carbocycles. The van der Waals surface area contributed by atoms with Crippen molar-refractivity contribution in [2.75, 3.05) is 26.2 Å². The third-order valence-electron chi connectivity index (χ3n) is 4.34. The van der Waals surface area contributed by atoms with Gasteiger partial charge in [0.15, 0.2) is 0 Å². The van der Waals surface area contributed by atoms with Crippen LogP contribution >= 0.6 is 0 Å². The van der Waals surface area contributed by atoms with E-state index in [0.29, 0.717) is 6.04 Å². The van der Waals surface area contributed by atoms with Crippen molar-refractivity contribution >= 4 is 5.97 Å². The van der Waals surface area contributed by atoms with E-state index in [1.165, 1.54) is 32.4 Å². The number of aliphatic carboxylic acids is 1. The summed E-state index contributed by atoms with van der Waals surface area (Å²) in [6.07, 6.45) is 4.84. The lowest BCUT2D eigenvalue weighted by atomic mass is 10.1. The summed E-state index contributed by atoms with van der Waals surface area (Å²) in [6, 6.07) is 1.49. The van der Waals surface area contributed by atoms with E-state index in [0.717, 1.165) is 25.6 Å². The number of nitrogens with zero attached hydrogens (tertiary/aromatic N) is 2. The highest BCUT2D eigenvalue weighted by molar-refractivity contribution is 5.70. The van der Waals surface area contributed by atoms with Crippen molar-refractivity contribution in [1.82, 2.24) is 9.80 Å². The van der Waals surface area contributed by atoms with E-state index < -0.39 is 5.97 Å². The Morgan fingerprint density at radius 2 is 1.62 bits per heavy atom. The van der Waals surface area contributed by atoms with Gasteiger partial charge in [-0.05, 0) is 32.2 Å². The standard InChI is InChI=1S/C12H20N2O2/c15-12(16)9-3-5-13(7-9)11-4-6-14(8-11)10-1-2-10/h9-11H,1-8H2,(H,15,16). The van der Waals surface area contributed by atoms with Crippen molar-refractivity contribution in [3.05, 3.63) is 0 Å². The van der Waals surface area contributed by atoms with Crippen LogP contribution in [-0.4, -0.2) is 59.1 Å². The largest absolute Gasteiger partial charge is 0.481 e. The van der Waals surface area contributed by atoms with Crippen molar-refractivity contribution < 1.29 is 9.90 Å². The van der Waals surface area contributed by atoms with Crippen LogP contribution < -0.4 is 0 Å². The van der Waals surface area contributed by atoms with Crippen LogP contribution in [0.15, 0.2) is 0 Å². The predicted molar refractivity (Wildman–Crippen MR) is 60.3 cm³/mol. The van der Waals surface area contributed by atoms with Crippen molar-refractivity contribution in [3.63, 3.8) is 0 Å². The van der Waals surface area contributed by atoms with Crippen LogP contribution in [0.1, 0.15) is 25.7 Å². The van der Waals surface area contributed by atoms with Gasteiger partial charge in [-0.25, -0.2) is 0 Å². The summed E-state index contributed by atoms with van der Waals surface area (Å²) >= 11 is 0. The number of likely N-dealkylation sites (tertiary alicyclic amines) is 2. The fourth-order valence-electron chi connectivity index (χ4n) is 3.16. The minimum Gasteiger partial charge on any atom is -0.481 e. The zero-order valence-electron chi connectivity index (χ0n) is 9.64. The number of hydrogen-bond donors (Lipinski definition) is 1. The molecule has 0 aromatic rings. The van der Waals surface area contributed by atoms with E-state index in [1.807, 2.05) is 0 Å². The molecular weight excluding hydrogens is 204 g/mol. The van der Waals surface area contributed by atoms with Gasteiger partial charge >= 0.3 is 5.97 Å². The van der Waals surface area contributed by atoms with Gasteiger partial charge in [0.1, 0.15) is 0 Å². The highest BCUT2D eigenvalue weighted by Crippen LogP contribution is 2.32. The summed E-state index contributed by atoms with van der Waals surface area (Å²) in [5, 5.41) is 8.99. The number of carboxylic acid groups (broad SMARTS) is 1. The van der Waals surface area contributed by atoms with Gasteiger partial charge in [0.05, 0.1) is 5.92 Å². The zero-order valence-corrected chi connectivity index (χ0v) is 9.64. The Hall–Kier alpha value is -0.610. The third kappa shape index (κ3) is 1.96. The Balaban J connectivity index is 1.53. The van der Waals surface area contributed by atoms with Gasteiger partial charge in [0, 0.05) is 31.7 Å². The Morgan fingerprint density at radius 3 is 2.25 bits per heavy atom. The van der Waals surface area contributed by atoms with Gasteiger partial charge in [0.25, 0.3) is 0 Å². The molecule has 3 fully saturated rings. The molecule has 4 heteroatoms. The lowest BCUT2D eigenvalue weighted by Gasteiger charge is -2.24. The van der Waals surface area contributed by atoms with Gasteiger partial charge in [0.2, 0.25) is 0 Å². The smallest absolute Gasteiger partial charge is 0.307 e. The Kier molecular flexibility index (Phi) is 2.64. The van der Waals surface area contributed by atoms with Crippen LogP contribution in [0.5, 0.6) is 0 Å². The van der Waals surface area contributed by atoms with Gasteiger partial charge < -0.3 is 5.11 Å². The maximum atomic E-state index is 10.9. The fourth-order valence-corrected chi connectivity index (χ4v) is 3.16. The van der Waals surface area contributed by atoms with E-state index in [-0.39, 0.29) is 5.92 Å². The maximum absolute atomic E-state index is 10.9. The molecule has 3 rings (SSSR count). The molecule has 1 saturated carbocycles. The molecule has 2 saturated heterocycles. The van der Waals surface area contributed by atoms with Gasteiger partial charge in [-0.1, -0.05) is 0 Å². The fraction of sp³-hybridized carbons (Fsp3) is 0.917. The lowest BCUT2D eigenvalue weighted by Crippen LogP contribution is -2.37. The molecular formula is C12H20N2O2. The molecule has 1 aliphatic carbocycles. The first kappa shape index (κ1) is 10.5. The molecule has 4 nitrogen and oxygen atoms in total. The van der Waals surface area contributed by atoms with Crippen LogP contribution in [-0.2, 0) is 4.79 Å². The molecule has 2 aliphatic heterocycles. The predicted octanol–water partition coefficient (Wildman–Crippen LogP) is 0.630. The zero-order chi connectivity index (χ0) is 11.1. The van der Waals surface area contributed by atoms with E-state index >= 15 is 0 Å². The molecule has 3 aliphatic rings. The van der Waals surface area contributed by atoms with Gasteiger partial charge in [-0.3, -0.25) is 14.6 Å². The summed E-state index contributed by atoms with van der Waals surface area (Å²) in [5.74, 6) is -0.727. The Bertz CT molecular complexity index is 291. The first-order chi connectivity index (χ1) is 7.74. The summed E-state index contributed by atoms with van der Waals surface area (Å²) in [4.78, 5) is 15.9. The third-order valence-corrected chi connectivity index (χ3v) is 4.34. The van der Waals surface area contributed by atoms with Crippen LogP contribution in [0.2, 0.25) is 0 Å². The van der Waals surface area contributed by atoms with E-state index in [4.69, 9.17) is 5.11 Å². The lowest BCUT2D eigenvalue weighted by molar-refractivity contribution is -0.141. The van der Waals surface area contributed by atoms with Crippen molar-refractivity contribution in [3.8, 4) is 0 Å². The highest BCUT2D eigenvalue weighted by Gasteiger charge is 2.39. The van der Waals surface area contributed by atoms with Crippen LogP contribution in [0.4, 0.5) is 0 Å². The molecule has 1 N–H and O–H groups in total. The average molecular weight is 224 g/mol. The van der Waals surface area contributed by atoms with Gasteiger partial charge in [-0.2, -0.15) is 0 Å². The second-order valence-corrected chi connectivity index (χ2v) is 5.49. The first-order valence-electron chi connectivity index (χ1n) is 6.45. The number of rotatable bonds is 3. The molecule has 2 heterocycles. The number of carboxylic acids is 1. The molecule has 0 amide bonds. The number of hydrogen-bond acceptors (Lipinski definition) is 3. The van der Waals surface area contributed by atoms with E-state index in [2.05, 4.69) is 9.80 Å². The molecule has 0 spiro atoms. The summed E-state index contributed by atoms with van der Waals surface area (Å²) < 4.78 is 0. The monoisotopic (exact) mass is 224 g/mol. The van der Waals surface area contributed by atoms with Crippen LogP contribution in [0.3, 0.4) is 0 Å². The normalized spacial score (nSPS) is 37.0. The SMILES string of the molecule is O=C(O)C1CCN(C2CCN(C3CC3)C2)C1. The minimum absolute atomic E-state index is 0.116. The highest BCUT2D eigenvalue weighted by atomic mass is 16.4. The second-order valence-electron chi connectivity index (χ2n) is 5.49. The topological polar surface area (TPSA) is 43.8 Å². The first-order valence-corrected chi connectivity index (χ1v) is 6.45. The quantitative estimate of drug-likeness (QED) is 0.763. The maximum Gasteiger partial charge on any atom is 0.307 e.